The highest BCUT2D eigenvalue weighted by atomic mass is 16.3. The summed E-state index contributed by atoms with van der Waals surface area (Å²) in [5, 5.41) is 10.2. The first-order valence-corrected chi connectivity index (χ1v) is 8.74. The first-order valence-electron chi connectivity index (χ1n) is 8.74. The summed E-state index contributed by atoms with van der Waals surface area (Å²) in [6.07, 6.45) is 2.75. The van der Waals surface area contributed by atoms with Crippen molar-refractivity contribution in [3.05, 3.63) is 64.5 Å². The van der Waals surface area contributed by atoms with Crippen LogP contribution >= 0.6 is 0 Å². The van der Waals surface area contributed by atoms with E-state index >= 15 is 0 Å². The molecule has 3 aromatic rings. The van der Waals surface area contributed by atoms with Gasteiger partial charge in [-0.25, -0.2) is 5.10 Å². The molecule has 1 aliphatic heterocycles. The normalized spacial score (nSPS) is 15.0. The van der Waals surface area contributed by atoms with Gasteiger partial charge in [-0.2, -0.15) is 5.10 Å². The van der Waals surface area contributed by atoms with Gasteiger partial charge in [0, 0.05) is 24.5 Å². The van der Waals surface area contributed by atoms with Crippen molar-refractivity contribution in [2.24, 2.45) is 0 Å². The number of aromatic amines is 1. The first-order chi connectivity index (χ1) is 13.1. The monoisotopic (exact) mass is 366 g/mol. The minimum Gasteiger partial charge on any atom is -0.459 e. The summed E-state index contributed by atoms with van der Waals surface area (Å²) < 4.78 is 5.15. The van der Waals surface area contributed by atoms with E-state index in [2.05, 4.69) is 15.5 Å². The van der Waals surface area contributed by atoms with Crippen molar-refractivity contribution in [3.63, 3.8) is 0 Å². The van der Waals surface area contributed by atoms with Crippen LogP contribution in [0.5, 0.6) is 0 Å². The number of H-pyrrole nitrogens is 1. The molecule has 1 aromatic carbocycles. The second kappa shape index (κ2) is 7.06. The Labute approximate surface area is 154 Å². The summed E-state index contributed by atoms with van der Waals surface area (Å²) >= 11 is 0. The maximum absolute atomic E-state index is 12.6. The Morgan fingerprint density at radius 2 is 1.85 bits per heavy atom. The third-order valence-electron chi connectivity index (χ3n) is 4.76. The molecule has 27 heavy (non-hydrogen) atoms. The lowest BCUT2D eigenvalue weighted by atomic mass is 10.0. The molecule has 2 aromatic heterocycles. The van der Waals surface area contributed by atoms with Crippen molar-refractivity contribution in [1.29, 1.82) is 0 Å². The highest BCUT2D eigenvalue weighted by Crippen LogP contribution is 2.16. The molecular formula is C19H18N4O4. The van der Waals surface area contributed by atoms with Crippen LogP contribution in [-0.4, -0.2) is 46.0 Å². The topological polar surface area (TPSA) is 108 Å². The average Bonchev–Trinajstić information content (AvgIpc) is 3.23. The van der Waals surface area contributed by atoms with Gasteiger partial charge >= 0.3 is 0 Å². The fourth-order valence-corrected chi connectivity index (χ4v) is 3.32. The number of piperidine rings is 1. The van der Waals surface area contributed by atoms with Gasteiger partial charge in [-0.05, 0) is 31.0 Å². The number of carbonyl (C=O) groups excluding carboxylic acids is 2. The minimum absolute atomic E-state index is 0.0642. The second-order valence-electron chi connectivity index (χ2n) is 6.46. The number of furan rings is 1. The molecule has 0 atom stereocenters. The Balaban J connectivity index is 1.43. The minimum atomic E-state index is -0.335. The third-order valence-corrected chi connectivity index (χ3v) is 4.76. The summed E-state index contributed by atoms with van der Waals surface area (Å²) in [4.78, 5) is 38.5. The predicted octanol–water partition coefficient (Wildman–Crippen LogP) is 1.55. The smallest absolute Gasteiger partial charge is 0.289 e. The van der Waals surface area contributed by atoms with Crippen molar-refractivity contribution in [2.75, 3.05) is 13.1 Å². The molecule has 0 aliphatic carbocycles. The summed E-state index contributed by atoms with van der Waals surface area (Å²) in [6.45, 7) is 1.06. The molecule has 0 bridgehead atoms. The SMILES string of the molecule is O=C(NC1CCN(C(=O)c2ccco2)CC1)c1n[nH]c(=O)c2ccccc12. The molecule has 4 rings (SSSR count). The predicted molar refractivity (Wildman–Crippen MR) is 97.5 cm³/mol. The molecule has 1 aliphatic rings. The van der Waals surface area contributed by atoms with E-state index in [1.807, 2.05) is 0 Å². The Morgan fingerprint density at radius 1 is 1.11 bits per heavy atom. The zero-order valence-electron chi connectivity index (χ0n) is 14.5. The van der Waals surface area contributed by atoms with E-state index in [1.165, 1.54) is 6.26 Å². The summed E-state index contributed by atoms with van der Waals surface area (Å²) in [7, 11) is 0. The van der Waals surface area contributed by atoms with E-state index in [4.69, 9.17) is 4.42 Å². The van der Waals surface area contributed by atoms with Gasteiger partial charge in [0.25, 0.3) is 17.4 Å². The molecule has 0 spiro atoms. The Morgan fingerprint density at radius 3 is 2.56 bits per heavy atom. The highest BCUT2D eigenvalue weighted by Gasteiger charge is 2.26. The lowest BCUT2D eigenvalue weighted by Gasteiger charge is -2.31. The van der Waals surface area contributed by atoms with Crippen LogP contribution in [0.15, 0.2) is 51.9 Å². The number of fused-ring (bicyclic) bond motifs is 1. The van der Waals surface area contributed by atoms with Gasteiger partial charge in [-0.3, -0.25) is 14.4 Å². The van der Waals surface area contributed by atoms with E-state index in [9.17, 15) is 14.4 Å². The van der Waals surface area contributed by atoms with Crippen LogP contribution in [0.25, 0.3) is 10.8 Å². The Bertz CT molecular complexity index is 1030. The molecular weight excluding hydrogens is 348 g/mol. The van der Waals surface area contributed by atoms with Crippen molar-refractivity contribution >= 4 is 22.6 Å². The summed E-state index contributed by atoms with van der Waals surface area (Å²) in [5.41, 5.74) is -0.133. The molecule has 2 N–H and O–H groups in total. The maximum atomic E-state index is 12.6. The number of rotatable bonds is 3. The van der Waals surface area contributed by atoms with Crippen molar-refractivity contribution in [3.8, 4) is 0 Å². The van der Waals surface area contributed by atoms with Gasteiger partial charge in [0.2, 0.25) is 0 Å². The molecule has 1 saturated heterocycles. The van der Waals surface area contributed by atoms with E-state index in [0.29, 0.717) is 42.5 Å². The quantitative estimate of drug-likeness (QED) is 0.731. The van der Waals surface area contributed by atoms with Crippen molar-refractivity contribution in [2.45, 2.75) is 18.9 Å². The number of hydrogen-bond acceptors (Lipinski definition) is 5. The number of benzene rings is 1. The van der Waals surface area contributed by atoms with Gasteiger partial charge in [0.1, 0.15) is 0 Å². The van der Waals surface area contributed by atoms with Gasteiger partial charge in [0.15, 0.2) is 11.5 Å². The molecule has 0 unspecified atom stereocenters. The van der Waals surface area contributed by atoms with Crippen LogP contribution in [0.4, 0.5) is 0 Å². The Hall–Kier alpha value is -3.42. The van der Waals surface area contributed by atoms with E-state index in [1.54, 1.807) is 41.3 Å². The van der Waals surface area contributed by atoms with Crippen LogP contribution in [0.2, 0.25) is 0 Å². The zero-order chi connectivity index (χ0) is 18.8. The number of likely N-dealkylation sites (tertiary alicyclic amines) is 1. The zero-order valence-corrected chi connectivity index (χ0v) is 14.5. The van der Waals surface area contributed by atoms with Crippen LogP contribution in [-0.2, 0) is 0 Å². The molecule has 8 nitrogen and oxygen atoms in total. The summed E-state index contributed by atoms with van der Waals surface area (Å²) in [5.74, 6) is -0.155. The van der Waals surface area contributed by atoms with Gasteiger partial charge in [-0.1, -0.05) is 18.2 Å². The van der Waals surface area contributed by atoms with E-state index in [0.717, 1.165) is 0 Å². The largest absolute Gasteiger partial charge is 0.459 e. The lowest BCUT2D eigenvalue weighted by Crippen LogP contribution is -2.46. The number of carbonyl (C=O) groups is 2. The number of amides is 2. The van der Waals surface area contributed by atoms with Gasteiger partial charge < -0.3 is 14.6 Å². The van der Waals surface area contributed by atoms with Crippen molar-refractivity contribution in [1.82, 2.24) is 20.4 Å². The molecule has 1 fully saturated rings. The molecule has 2 amide bonds. The lowest BCUT2D eigenvalue weighted by molar-refractivity contribution is 0.0667. The van der Waals surface area contributed by atoms with Crippen molar-refractivity contribution < 1.29 is 14.0 Å². The maximum Gasteiger partial charge on any atom is 0.289 e. The number of aromatic nitrogens is 2. The Kier molecular flexibility index (Phi) is 4.45. The molecule has 0 saturated carbocycles. The van der Waals surface area contributed by atoms with Gasteiger partial charge in [-0.15, -0.1) is 0 Å². The average molecular weight is 366 g/mol. The molecule has 0 radical (unpaired) electrons. The van der Waals surface area contributed by atoms with Crippen LogP contribution in [0.1, 0.15) is 33.9 Å². The molecule has 8 heteroatoms. The summed E-state index contributed by atoms with van der Waals surface area (Å²) in [6, 6.07) is 10.1. The van der Waals surface area contributed by atoms with Crippen LogP contribution in [0, 0.1) is 0 Å². The van der Waals surface area contributed by atoms with E-state index in [-0.39, 0.29) is 29.1 Å². The van der Waals surface area contributed by atoms with Crippen LogP contribution in [0.3, 0.4) is 0 Å². The standard InChI is InChI=1S/C19H18N4O4/c24-17-14-5-2-1-4-13(14)16(21-22-17)18(25)20-12-7-9-23(10-8-12)19(26)15-6-3-11-27-15/h1-6,11-12H,7-10H2,(H,20,25)(H,22,24). The number of nitrogens with one attached hydrogen (secondary N) is 2. The first kappa shape index (κ1) is 17.0. The molecule has 138 valence electrons. The number of nitrogens with zero attached hydrogens (tertiary/aromatic N) is 2. The molecule has 3 heterocycles. The van der Waals surface area contributed by atoms with Gasteiger partial charge in [0.05, 0.1) is 11.6 Å². The van der Waals surface area contributed by atoms with Crippen LogP contribution < -0.4 is 10.9 Å². The fourth-order valence-electron chi connectivity index (χ4n) is 3.32. The highest BCUT2D eigenvalue weighted by molar-refractivity contribution is 6.04. The fraction of sp³-hybridized carbons (Fsp3) is 0.263. The number of hydrogen-bond donors (Lipinski definition) is 2. The van der Waals surface area contributed by atoms with E-state index < -0.39 is 0 Å². The second-order valence-corrected chi connectivity index (χ2v) is 6.46. The third kappa shape index (κ3) is 3.33.